The lowest BCUT2D eigenvalue weighted by Gasteiger charge is -2.16. The van der Waals surface area contributed by atoms with E-state index in [-0.39, 0.29) is 41.4 Å². The van der Waals surface area contributed by atoms with E-state index in [2.05, 4.69) is 29.7 Å². The van der Waals surface area contributed by atoms with Gasteiger partial charge in [-0.15, -0.1) is 24.0 Å². The molecule has 2 aromatic rings. The van der Waals surface area contributed by atoms with Crippen molar-refractivity contribution < 1.29 is 17.9 Å². The van der Waals surface area contributed by atoms with Gasteiger partial charge in [0.25, 0.3) is 0 Å². The van der Waals surface area contributed by atoms with Gasteiger partial charge < -0.3 is 20.1 Å². The fourth-order valence-corrected chi connectivity index (χ4v) is 5.60. The number of aliphatic imine (C=N–C) groups is 1. The number of rotatable bonds is 5. The van der Waals surface area contributed by atoms with Gasteiger partial charge in [0.1, 0.15) is 0 Å². The summed E-state index contributed by atoms with van der Waals surface area (Å²) in [6.07, 6.45) is 1.54. The van der Waals surface area contributed by atoms with Crippen LogP contribution in [0.4, 0.5) is 5.69 Å². The average molecular weight is 571 g/mol. The van der Waals surface area contributed by atoms with Crippen LogP contribution >= 0.6 is 24.0 Å². The highest BCUT2D eigenvalue weighted by molar-refractivity contribution is 14.0. The Morgan fingerprint density at radius 1 is 1.12 bits per heavy atom. The Labute approximate surface area is 206 Å². The van der Waals surface area contributed by atoms with Crippen molar-refractivity contribution in [2.45, 2.75) is 26.3 Å². The molecular formula is C23H30IN3O4S. The summed E-state index contributed by atoms with van der Waals surface area (Å²) in [6, 6.07) is 13.9. The highest BCUT2D eigenvalue weighted by Gasteiger charge is 2.27. The summed E-state index contributed by atoms with van der Waals surface area (Å²) in [5.74, 6) is 2.66. The molecule has 174 valence electrons. The van der Waals surface area contributed by atoms with Crippen LogP contribution in [0.3, 0.4) is 0 Å². The number of halogens is 1. The van der Waals surface area contributed by atoms with E-state index in [1.54, 1.807) is 0 Å². The van der Waals surface area contributed by atoms with E-state index in [0.717, 1.165) is 23.4 Å². The lowest BCUT2D eigenvalue weighted by molar-refractivity contribution is 0.297. The van der Waals surface area contributed by atoms with E-state index in [0.29, 0.717) is 44.4 Å². The minimum atomic E-state index is -2.91. The molecule has 0 aromatic heterocycles. The number of anilines is 1. The molecule has 0 amide bonds. The maximum Gasteiger partial charge on any atom is 0.196 e. The molecule has 2 aliphatic rings. The largest absolute Gasteiger partial charge is 0.490 e. The van der Waals surface area contributed by atoms with Crippen LogP contribution in [-0.4, -0.2) is 45.6 Å². The first-order valence-corrected chi connectivity index (χ1v) is 12.5. The van der Waals surface area contributed by atoms with Crippen molar-refractivity contribution in [2.24, 2.45) is 10.9 Å². The second-order valence-electron chi connectivity index (χ2n) is 8.08. The molecular weight excluding hydrogens is 541 g/mol. The van der Waals surface area contributed by atoms with Crippen molar-refractivity contribution in [3.8, 4) is 11.5 Å². The fourth-order valence-electron chi connectivity index (χ4n) is 3.74. The summed E-state index contributed by atoms with van der Waals surface area (Å²) in [5.41, 5.74) is 3.16. The summed E-state index contributed by atoms with van der Waals surface area (Å²) in [5, 5.41) is 6.67. The lowest BCUT2D eigenvalue weighted by atomic mass is 10.1. The summed E-state index contributed by atoms with van der Waals surface area (Å²) in [4.78, 5) is 4.75. The SMILES string of the molecule is Cc1ccccc1CN=C(NCC1CCS(=O)(=O)C1)Nc1ccc2c(c1)OCCCO2.I. The van der Waals surface area contributed by atoms with Gasteiger partial charge in [-0.1, -0.05) is 24.3 Å². The molecule has 9 heteroatoms. The van der Waals surface area contributed by atoms with E-state index in [1.807, 2.05) is 30.3 Å². The van der Waals surface area contributed by atoms with Crippen LogP contribution in [0.25, 0.3) is 0 Å². The molecule has 1 fully saturated rings. The maximum absolute atomic E-state index is 11.8. The van der Waals surface area contributed by atoms with Gasteiger partial charge in [-0.2, -0.15) is 0 Å². The smallest absolute Gasteiger partial charge is 0.196 e. The number of nitrogens with one attached hydrogen (secondary N) is 2. The van der Waals surface area contributed by atoms with E-state index >= 15 is 0 Å². The number of aryl methyl sites for hydroxylation is 1. The Morgan fingerprint density at radius 3 is 2.66 bits per heavy atom. The summed E-state index contributed by atoms with van der Waals surface area (Å²) >= 11 is 0. The number of ether oxygens (including phenoxy) is 2. The molecule has 0 spiro atoms. The van der Waals surface area contributed by atoms with Gasteiger partial charge in [0.2, 0.25) is 0 Å². The monoisotopic (exact) mass is 571 g/mol. The number of hydrogen-bond acceptors (Lipinski definition) is 5. The molecule has 0 aliphatic carbocycles. The molecule has 2 aromatic carbocycles. The standard InChI is InChI=1S/C23H29N3O4S.HI/c1-17-5-2-3-6-19(17)15-25-23(24-14-18-9-12-31(27,28)16-18)26-20-7-8-21-22(13-20)30-11-4-10-29-21;/h2-3,5-8,13,18H,4,9-12,14-16H2,1H3,(H2,24,25,26);1H. The van der Waals surface area contributed by atoms with Crippen molar-refractivity contribution in [1.82, 2.24) is 5.32 Å². The topological polar surface area (TPSA) is 89.0 Å². The zero-order valence-electron chi connectivity index (χ0n) is 18.2. The van der Waals surface area contributed by atoms with Gasteiger partial charge >= 0.3 is 0 Å². The molecule has 0 saturated carbocycles. The van der Waals surface area contributed by atoms with Crippen molar-refractivity contribution in [1.29, 1.82) is 0 Å². The Balaban J connectivity index is 0.00000289. The fraction of sp³-hybridized carbons (Fsp3) is 0.435. The molecule has 0 bridgehead atoms. The van der Waals surface area contributed by atoms with Gasteiger partial charge in [0.15, 0.2) is 27.3 Å². The summed E-state index contributed by atoms with van der Waals surface area (Å²) < 4.78 is 35.1. The molecule has 2 aliphatic heterocycles. The van der Waals surface area contributed by atoms with Crippen LogP contribution < -0.4 is 20.1 Å². The summed E-state index contributed by atoms with van der Waals surface area (Å²) in [6.45, 7) is 4.42. The highest BCUT2D eigenvalue weighted by Crippen LogP contribution is 2.32. The maximum atomic E-state index is 11.8. The summed E-state index contributed by atoms with van der Waals surface area (Å²) in [7, 11) is -2.91. The molecule has 1 saturated heterocycles. The van der Waals surface area contributed by atoms with Crippen molar-refractivity contribution in [3.05, 3.63) is 53.6 Å². The van der Waals surface area contributed by atoms with E-state index in [9.17, 15) is 8.42 Å². The zero-order chi connectivity index (χ0) is 21.7. The first-order chi connectivity index (χ1) is 15.0. The second-order valence-corrected chi connectivity index (χ2v) is 10.3. The predicted octanol–water partition coefficient (Wildman–Crippen LogP) is 3.77. The number of nitrogens with zero attached hydrogens (tertiary/aromatic N) is 1. The molecule has 0 radical (unpaired) electrons. The molecule has 1 atom stereocenters. The van der Waals surface area contributed by atoms with E-state index < -0.39 is 9.84 Å². The quantitative estimate of drug-likeness (QED) is 0.323. The third-order valence-electron chi connectivity index (χ3n) is 5.56. The Kier molecular flexibility index (Phi) is 8.64. The minimum Gasteiger partial charge on any atom is -0.490 e. The van der Waals surface area contributed by atoms with Crippen molar-refractivity contribution in [3.63, 3.8) is 0 Å². The van der Waals surface area contributed by atoms with Gasteiger partial charge in [-0.05, 0) is 42.5 Å². The predicted molar refractivity (Wildman–Crippen MR) is 138 cm³/mol. The first-order valence-electron chi connectivity index (χ1n) is 10.7. The van der Waals surface area contributed by atoms with Gasteiger partial charge in [-0.3, -0.25) is 0 Å². The van der Waals surface area contributed by atoms with Crippen molar-refractivity contribution >= 4 is 45.5 Å². The molecule has 2 N–H and O–H groups in total. The Bertz CT molecular complexity index is 1060. The number of sulfone groups is 1. The number of fused-ring (bicyclic) bond motifs is 1. The van der Waals surface area contributed by atoms with E-state index in [4.69, 9.17) is 14.5 Å². The molecule has 32 heavy (non-hydrogen) atoms. The Morgan fingerprint density at radius 2 is 1.91 bits per heavy atom. The van der Waals surface area contributed by atoms with Crippen LogP contribution in [-0.2, 0) is 16.4 Å². The number of hydrogen-bond donors (Lipinski definition) is 2. The van der Waals surface area contributed by atoms with Crippen LogP contribution in [0.2, 0.25) is 0 Å². The molecule has 7 nitrogen and oxygen atoms in total. The second kappa shape index (κ2) is 11.2. The van der Waals surface area contributed by atoms with Crippen molar-refractivity contribution in [2.75, 3.05) is 36.6 Å². The van der Waals surface area contributed by atoms with Gasteiger partial charge in [0, 0.05) is 24.7 Å². The third kappa shape index (κ3) is 6.74. The third-order valence-corrected chi connectivity index (χ3v) is 7.40. The zero-order valence-corrected chi connectivity index (χ0v) is 21.3. The number of guanidine groups is 1. The molecule has 1 unspecified atom stereocenters. The molecule has 2 heterocycles. The highest BCUT2D eigenvalue weighted by atomic mass is 127. The van der Waals surface area contributed by atoms with E-state index in [1.165, 1.54) is 5.56 Å². The average Bonchev–Trinajstić information content (AvgIpc) is 2.95. The van der Waals surface area contributed by atoms with Crippen LogP contribution in [0.1, 0.15) is 24.0 Å². The molecule has 4 rings (SSSR count). The lowest BCUT2D eigenvalue weighted by Crippen LogP contribution is -2.35. The van der Waals surface area contributed by atoms with Crippen LogP contribution in [0.15, 0.2) is 47.5 Å². The van der Waals surface area contributed by atoms with Gasteiger partial charge in [0.05, 0.1) is 31.3 Å². The first kappa shape index (κ1) is 24.6. The number of benzene rings is 2. The van der Waals surface area contributed by atoms with Crippen LogP contribution in [0.5, 0.6) is 11.5 Å². The normalized spacial score (nSPS) is 19.5. The minimum absolute atomic E-state index is 0. The van der Waals surface area contributed by atoms with Gasteiger partial charge in [-0.25, -0.2) is 13.4 Å². The Hall–Kier alpha value is -2.01. The van der Waals surface area contributed by atoms with Crippen LogP contribution in [0, 0.1) is 12.8 Å².